The molecule has 0 N–H and O–H groups in total. The Morgan fingerprint density at radius 3 is 1.98 bits per heavy atom. The molecule has 0 radical (unpaired) electrons. The van der Waals surface area contributed by atoms with Crippen molar-refractivity contribution in [1.82, 2.24) is 4.57 Å². The molecule has 0 spiro atoms. The van der Waals surface area contributed by atoms with Crippen LogP contribution in [0.5, 0.6) is 0 Å². The zero-order chi connectivity index (χ0) is 31.3. The summed E-state index contributed by atoms with van der Waals surface area (Å²) < 4.78 is 8.84. The normalized spacial score (nSPS) is 12.2. The van der Waals surface area contributed by atoms with Gasteiger partial charge in [-0.05, 0) is 85.4 Å². The Bertz CT molecular complexity index is 3050. The molecule has 0 aliphatic rings. The maximum atomic E-state index is 6.43. The van der Waals surface area contributed by atoms with Crippen molar-refractivity contribution in [3.63, 3.8) is 0 Å². The Labute approximate surface area is 276 Å². The van der Waals surface area contributed by atoms with Crippen LogP contribution in [0.1, 0.15) is 0 Å². The summed E-state index contributed by atoms with van der Waals surface area (Å²) in [5, 5.41) is 12.6. The number of aromatic nitrogens is 1. The standard InChI is InChI=1S/C46H27NO/c1-3-16-41-36(12-1)40-27-32(35-14-7-15-39-37-13-2-4-17-43(37)48-46(35)39)22-25-42(40)47(41)33-11-6-10-31(26-33)34-23-20-30-19-18-28-8-5-9-29-21-24-38(34)45(30)44(28)29/h1-27H. The zero-order valence-corrected chi connectivity index (χ0v) is 25.9. The molecular formula is C46H27NO. The van der Waals surface area contributed by atoms with Gasteiger partial charge in [-0.2, -0.15) is 0 Å². The smallest absolute Gasteiger partial charge is 0.143 e. The fraction of sp³-hybridized carbons (Fsp3) is 0. The van der Waals surface area contributed by atoms with E-state index in [9.17, 15) is 0 Å². The van der Waals surface area contributed by atoms with E-state index >= 15 is 0 Å². The van der Waals surface area contributed by atoms with Gasteiger partial charge >= 0.3 is 0 Å². The van der Waals surface area contributed by atoms with E-state index in [1.165, 1.54) is 65.3 Å². The molecule has 0 aliphatic carbocycles. The van der Waals surface area contributed by atoms with Crippen molar-refractivity contribution < 1.29 is 4.42 Å². The highest BCUT2D eigenvalue weighted by Crippen LogP contribution is 2.42. The van der Waals surface area contributed by atoms with Gasteiger partial charge in [0.1, 0.15) is 11.2 Å². The Kier molecular flexibility index (Phi) is 5.14. The van der Waals surface area contributed by atoms with Crippen LogP contribution < -0.4 is 0 Å². The Morgan fingerprint density at radius 2 is 1.06 bits per heavy atom. The Hall–Kier alpha value is -6.38. The average molecular weight is 610 g/mol. The number of hydrogen-bond acceptors (Lipinski definition) is 1. The maximum absolute atomic E-state index is 6.43. The van der Waals surface area contributed by atoms with Crippen molar-refractivity contribution in [2.75, 3.05) is 0 Å². The highest BCUT2D eigenvalue weighted by Gasteiger charge is 2.17. The topological polar surface area (TPSA) is 18.1 Å². The first kappa shape index (κ1) is 25.8. The Balaban J connectivity index is 1.11. The van der Waals surface area contributed by atoms with E-state index in [1.807, 2.05) is 12.1 Å². The molecule has 48 heavy (non-hydrogen) atoms. The molecule has 11 rings (SSSR count). The summed E-state index contributed by atoms with van der Waals surface area (Å²) in [7, 11) is 0. The molecule has 2 nitrogen and oxygen atoms in total. The van der Waals surface area contributed by atoms with Crippen molar-refractivity contribution in [2.45, 2.75) is 0 Å². The third-order valence-corrected chi connectivity index (χ3v) is 10.3. The van der Waals surface area contributed by atoms with Gasteiger partial charge in [0, 0.05) is 32.8 Å². The molecule has 2 heteroatoms. The van der Waals surface area contributed by atoms with Gasteiger partial charge in [0.2, 0.25) is 0 Å². The van der Waals surface area contributed by atoms with Gasteiger partial charge in [0.05, 0.1) is 11.0 Å². The van der Waals surface area contributed by atoms with Gasteiger partial charge < -0.3 is 8.98 Å². The minimum Gasteiger partial charge on any atom is -0.455 e. The fourth-order valence-electron chi connectivity index (χ4n) is 8.19. The SMILES string of the molecule is c1cc(-c2ccc3ccc4cccc5ccc2c3c45)cc(-n2c3ccccc3c3cc(-c4cccc5c4oc4ccccc45)ccc32)c1. The molecule has 2 heterocycles. The molecule has 222 valence electrons. The third-order valence-electron chi connectivity index (χ3n) is 10.3. The second-order valence-corrected chi connectivity index (χ2v) is 12.9. The number of nitrogens with zero attached hydrogens (tertiary/aromatic N) is 1. The van der Waals surface area contributed by atoms with Crippen molar-refractivity contribution in [1.29, 1.82) is 0 Å². The predicted octanol–water partition coefficient (Wildman–Crippen LogP) is 12.9. The van der Waals surface area contributed by atoms with Crippen LogP contribution in [-0.2, 0) is 0 Å². The molecular weight excluding hydrogens is 583 g/mol. The van der Waals surface area contributed by atoms with Crippen LogP contribution in [0, 0.1) is 0 Å². The van der Waals surface area contributed by atoms with E-state index in [0.717, 1.165) is 38.8 Å². The summed E-state index contributed by atoms with van der Waals surface area (Å²) in [5.41, 5.74) is 10.1. The van der Waals surface area contributed by atoms with E-state index in [2.05, 4.69) is 156 Å². The highest BCUT2D eigenvalue weighted by atomic mass is 16.3. The molecule has 11 aromatic rings. The van der Waals surface area contributed by atoms with Crippen LogP contribution >= 0.6 is 0 Å². The predicted molar refractivity (Wildman–Crippen MR) is 203 cm³/mol. The quantitative estimate of drug-likeness (QED) is 0.182. The van der Waals surface area contributed by atoms with Crippen molar-refractivity contribution in [3.05, 3.63) is 164 Å². The number of benzene rings is 9. The van der Waals surface area contributed by atoms with Gasteiger partial charge in [-0.15, -0.1) is 0 Å². The summed E-state index contributed by atoms with van der Waals surface area (Å²) in [6.45, 7) is 0. The monoisotopic (exact) mass is 609 g/mol. The molecule has 0 fully saturated rings. The number of furan rings is 1. The summed E-state index contributed by atoms with van der Waals surface area (Å²) >= 11 is 0. The van der Waals surface area contributed by atoms with E-state index in [4.69, 9.17) is 4.42 Å². The minimum absolute atomic E-state index is 0.919. The third kappa shape index (κ3) is 3.52. The van der Waals surface area contributed by atoms with Crippen molar-refractivity contribution in [3.8, 4) is 27.9 Å². The van der Waals surface area contributed by atoms with E-state index < -0.39 is 0 Å². The fourth-order valence-corrected chi connectivity index (χ4v) is 8.19. The second kappa shape index (κ2) is 9.57. The van der Waals surface area contributed by atoms with Crippen LogP contribution in [0.2, 0.25) is 0 Å². The molecule has 2 aromatic heterocycles. The molecule has 0 saturated carbocycles. The van der Waals surface area contributed by atoms with Crippen LogP contribution in [0.15, 0.2) is 168 Å². The lowest BCUT2D eigenvalue weighted by molar-refractivity contribution is 0.670. The van der Waals surface area contributed by atoms with Gasteiger partial charge in [0.25, 0.3) is 0 Å². The Morgan fingerprint density at radius 1 is 0.375 bits per heavy atom. The van der Waals surface area contributed by atoms with Crippen LogP contribution in [0.25, 0.3) is 104 Å². The summed E-state index contributed by atoms with van der Waals surface area (Å²) in [6, 6.07) is 59.6. The number of hydrogen-bond donors (Lipinski definition) is 0. The molecule has 0 amide bonds. The number of para-hydroxylation sites is 3. The lowest BCUT2D eigenvalue weighted by Gasteiger charge is -2.15. The molecule has 0 unspecified atom stereocenters. The van der Waals surface area contributed by atoms with Gasteiger partial charge in [-0.25, -0.2) is 0 Å². The van der Waals surface area contributed by atoms with Gasteiger partial charge in [-0.3, -0.25) is 0 Å². The minimum atomic E-state index is 0.919. The molecule has 0 bridgehead atoms. The van der Waals surface area contributed by atoms with E-state index in [0.29, 0.717) is 0 Å². The van der Waals surface area contributed by atoms with Gasteiger partial charge in [-0.1, -0.05) is 127 Å². The molecule has 0 saturated heterocycles. The number of fused-ring (bicyclic) bond motifs is 6. The highest BCUT2D eigenvalue weighted by molar-refractivity contribution is 6.25. The average Bonchev–Trinajstić information content (AvgIpc) is 3.69. The lowest BCUT2D eigenvalue weighted by Crippen LogP contribution is -1.94. The van der Waals surface area contributed by atoms with Crippen molar-refractivity contribution in [2.24, 2.45) is 0 Å². The van der Waals surface area contributed by atoms with Crippen molar-refractivity contribution >= 4 is 76.1 Å². The first-order valence-electron chi connectivity index (χ1n) is 16.5. The van der Waals surface area contributed by atoms with Crippen LogP contribution in [0.4, 0.5) is 0 Å². The van der Waals surface area contributed by atoms with E-state index in [1.54, 1.807) is 0 Å². The summed E-state index contributed by atoms with van der Waals surface area (Å²) in [6.07, 6.45) is 0. The molecule has 0 aliphatic heterocycles. The first-order chi connectivity index (χ1) is 23.8. The van der Waals surface area contributed by atoms with Crippen LogP contribution in [0.3, 0.4) is 0 Å². The van der Waals surface area contributed by atoms with Gasteiger partial charge in [0.15, 0.2) is 0 Å². The summed E-state index contributed by atoms with van der Waals surface area (Å²) in [5.74, 6) is 0. The maximum Gasteiger partial charge on any atom is 0.143 e. The first-order valence-corrected chi connectivity index (χ1v) is 16.5. The largest absolute Gasteiger partial charge is 0.455 e. The number of rotatable bonds is 3. The van der Waals surface area contributed by atoms with Crippen LogP contribution in [-0.4, -0.2) is 4.57 Å². The molecule has 9 aromatic carbocycles. The zero-order valence-electron chi connectivity index (χ0n) is 25.9. The van der Waals surface area contributed by atoms with E-state index in [-0.39, 0.29) is 0 Å². The second-order valence-electron chi connectivity index (χ2n) is 12.9. The summed E-state index contributed by atoms with van der Waals surface area (Å²) in [4.78, 5) is 0. The lowest BCUT2D eigenvalue weighted by atomic mass is 9.90. The molecule has 0 atom stereocenters.